The fourth-order valence-corrected chi connectivity index (χ4v) is 1.96. The predicted molar refractivity (Wildman–Crippen MR) is 76.4 cm³/mol. The number of hydrogen-bond acceptors (Lipinski definition) is 4. The summed E-state index contributed by atoms with van der Waals surface area (Å²) in [6.45, 7) is 2.45. The van der Waals surface area contributed by atoms with Crippen LogP contribution in [0.3, 0.4) is 0 Å². The summed E-state index contributed by atoms with van der Waals surface area (Å²) in [5.74, 6) is 0. The number of rotatable bonds is 4. The maximum absolute atomic E-state index is 11.8. The molecule has 1 N–H and O–H groups in total. The van der Waals surface area contributed by atoms with E-state index >= 15 is 0 Å². The van der Waals surface area contributed by atoms with Crippen molar-refractivity contribution < 1.29 is 0 Å². The first-order valence-electron chi connectivity index (χ1n) is 6.40. The van der Waals surface area contributed by atoms with Crippen molar-refractivity contribution in [2.45, 2.75) is 19.5 Å². The van der Waals surface area contributed by atoms with Gasteiger partial charge >= 0.3 is 5.69 Å². The number of pyridine rings is 1. The Hall–Kier alpha value is -2.21. The SMILES string of the molecule is CC(NCc1cc(=O)n(C)c(=O)n1C)c1cccnc1. The van der Waals surface area contributed by atoms with Gasteiger partial charge in [0.1, 0.15) is 0 Å². The highest BCUT2D eigenvalue weighted by Gasteiger charge is 2.08. The molecule has 0 amide bonds. The molecule has 2 aromatic rings. The highest BCUT2D eigenvalue weighted by molar-refractivity contribution is 5.13. The quantitative estimate of drug-likeness (QED) is 0.872. The lowest BCUT2D eigenvalue weighted by atomic mass is 10.1. The third-order valence-corrected chi connectivity index (χ3v) is 3.40. The third kappa shape index (κ3) is 2.85. The maximum Gasteiger partial charge on any atom is 0.330 e. The molecular weight excluding hydrogens is 256 g/mol. The van der Waals surface area contributed by atoms with Crippen molar-refractivity contribution in [3.05, 3.63) is 62.7 Å². The van der Waals surface area contributed by atoms with E-state index in [1.165, 1.54) is 17.7 Å². The average molecular weight is 274 g/mol. The molecule has 6 heteroatoms. The maximum atomic E-state index is 11.8. The molecule has 0 aromatic carbocycles. The van der Waals surface area contributed by atoms with Crippen LogP contribution in [0.2, 0.25) is 0 Å². The minimum absolute atomic E-state index is 0.0860. The second-order valence-corrected chi connectivity index (χ2v) is 4.76. The van der Waals surface area contributed by atoms with Crippen LogP contribution in [0.15, 0.2) is 40.2 Å². The Bertz CT molecular complexity index is 703. The zero-order chi connectivity index (χ0) is 14.7. The Labute approximate surface area is 116 Å². The number of aromatic nitrogens is 3. The first-order chi connectivity index (χ1) is 9.50. The van der Waals surface area contributed by atoms with E-state index in [0.717, 1.165) is 10.1 Å². The molecule has 106 valence electrons. The number of nitrogens with zero attached hydrogens (tertiary/aromatic N) is 3. The van der Waals surface area contributed by atoms with Gasteiger partial charge in [-0.3, -0.25) is 18.9 Å². The second kappa shape index (κ2) is 5.83. The van der Waals surface area contributed by atoms with Gasteiger partial charge in [-0.1, -0.05) is 6.07 Å². The molecule has 0 aliphatic heterocycles. The van der Waals surface area contributed by atoms with Gasteiger partial charge in [-0.05, 0) is 18.6 Å². The van der Waals surface area contributed by atoms with Crippen molar-refractivity contribution in [3.63, 3.8) is 0 Å². The minimum atomic E-state index is -0.316. The standard InChI is InChI=1S/C14H18N4O2/c1-10(11-5-4-6-15-8-11)16-9-12-7-13(19)18(3)14(20)17(12)2/h4-8,10,16H,9H2,1-3H3. The summed E-state index contributed by atoms with van der Waals surface area (Å²) in [4.78, 5) is 27.5. The van der Waals surface area contributed by atoms with Crippen molar-refractivity contribution >= 4 is 0 Å². The molecule has 2 rings (SSSR count). The molecule has 2 aromatic heterocycles. The van der Waals surface area contributed by atoms with Crippen LogP contribution in [0.25, 0.3) is 0 Å². The molecule has 20 heavy (non-hydrogen) atoms. The first kappa shape index (κ1) is 14.2. The van der Waals surface area contributed by atoms with Crippen LogP contribution in [0.1, 0.15) is 24.2 Å². The summed E-state index contributed by atoms with van der Waals surface area (Å²) in [6.07, 6.45) is 3.52. The van der Waals surface area contributed by atoms with Gasteiger partial charge < -0.3 is 5.32 Å². The molecule has 6 nitrogen and oxygen atoms in total. The summed E-state index contributed by atoms with van der Waals surface area (Å²) >= 11 is 0. The predicted octanol–water partition coefficient (Wildman–Crippen LogP) is 0.330. The minimum Gasteiger partial charge on any atom is -0.305 e. The Kier molecular flexibility index (Phi) is 4.14. The van der Waals surface area contributed by atoms with Crippen molar-refractivity contribution in [2.24, 2.45) is 14.1 Å². The summed E-state index contributed by atoms with van der Waals surface area (Å²) < 4.78 is 2.57. The highest BCUT2D eigenvalue weighted by Crippen LogP contribution is 2.10. The number of nitrogens with one attached hydrogen (secondary N) is 1. The van der Waals surface area contributed by atoms with Crippen LogP contribution in [0.5, 0.6) is 0 Å². The fourth-order valence-electron chi connectivity index (χ4n) is 1.96. The lowest BCUT2D eigenvalue weighted by Gasteiger charge is -2.15. The lowest BCUT2D eigenvalue weighted by molar-refractivity contribution is 0.539. The molecule has 0 bridgehead atoms. The van der Waals surface area contributed by atoms with E-state index in [2.05, 4.69) is 10.3 Å². The van der Waals surface area contributed by atoms with E-state index in [9.17, 15) is 9.59 Å². The molecule has 0 aliphatic rings. The molecular formula is C14H18N4O2. The molecule has 0 radical (unpaired) electrons. The van der Waals surface area contributed by atoms with Crippen LogP contribution in [0, 0.1) is 0 Å². The lowest BCUT2D eigenvalue weighted by Crippen LogP contribution is -2.39. The second-order valence-electron chi connectivity index (χ2n) is 4.76. The monoisotopic (exact) mass is 274 g/mol. The van der Waals surface area contributed by atoms with Gasteiger partial charge in [0.25, 0.3) is 5.56 Å². The Morgan fingerprint density at radius 2 is 2.05 bits per heavy atom. The van der Waals surface area contributed by atoms with E-state index < -0.39 is 0 Å². The average Bonchev–Trinajstić information content (AvgIpc) is 2.48. The van der Waals surface area contributed by atoms with E-state index in [1.807, 2.05) is 19.1 Å². The van der Waals surface area contributed by atoms with Crippen LogP contribution < -0.4 is 16.6 Å². The Morgan fingerprint density at radius 3 is 2.70 bits per heavy atom. The number of hydrogen-bond donors (Lipinski definition) is 1. The van der Waals surface area contributed by atoms with Gasteiger partial charge in [0, 0.05) is 50.8 Å². The van der Waals surface area contributed by atoms with E-state index in [-0.39, 0.29) is 17.3 Å². The zero-order valence-electron chi connectivity index (χ0n) is 11.8. The van der Waals surface area contributed by atoms with Gasteiger partial charge in [-0.25, -0.2) is 4.79 Å². The summed E-state index contributed by atoms with van der Waals surface area (Å²) in [5, 5.41) is 3.28. The van der Waals surface area contributed by atoms with Crippen LogP contribution in [-0.4, -0.2) is 14.1 Å². The normalized spacial score (nSPS) is 12.3. The van der Waals surface area contributed by atoms with Crippen LogP contribution >= 0.6 is 0 Å². The molecule has 1 atom stereocenters. The van der Waals surface area contributed by atoms with Crippen molar-refractivity contribution in [1.29, 1.82) is 0 Å². The molecule has 0 spiro atoms. The van der Waals surface area contributed by atoms with Gasteiger partial charge in [0.15, 0.2) is 0 Å². The summed E-state index contributed by atoms with van der Waals surface area (Å²) in [6, 6.07) is 5.42. The molecule has 0 aliphatic carbocycles. The van der Waals surface area contributed by atoms with E-state index in [1.54, 1.807) is 19.4 Å². The molecule has 2 heterocycles. The highest BCUT2D eigenvalue weighted by atomic mass is 16.2. The molecule has 0 saturated heterocycles. The van der Waals surface area contributed by atoms with Crippen LogP contribution in [-0.2, 0) is 20.6 Å². The summed E-state index contributed by atoms with van der Waals surface area (Å²) in [7, 11) is 3.13. The molecule has 0 fully saturated rings. The zero-order valence-corrected chi connectivity index (χ0v) is 11.8. The first-order valence-corrected chi connectivity index (χ1v) is 6.40. The molecule has 1 unspecified atom stereocenters. The fraction of sp³-hybridized carbons (Fsp3) is 0.357. The Morgan fingerprint density at radius 1 is 1.30 bits per heavy atom. The largest absolute Gasteiger partial charge is 0.330 e. The topological polar surface area (TPSA) is 68.9 Å². The smallest absolute Gasteiger partial charge is 0.305 e. The van der Waals surface area contributed by atoms with Crippen molar-refractivity contribution in [1.82, 2.24) is 19.4 Å². The Balaban J connectivity index is 2.16. The van der Waals surface area contributed by atoms with Crippen molar-refractivity contribution in [3.8, 4) is 0 Å². The summed E-state index contributed by atoms with van der Waals surface area (Å²) in [5.41, 5.74) is 1.11. The third-order valence-electron chi connectivity index (χ3n) is 3.40. The molecule has 0 saturated carbocycles. The van der Waals surface area contributed by atoms with Gasteiger partial charge in [0.2, 0.25) is 0 Å². The van der Waals surface area contributed by atoms with E-state index in [4.69, 9.17) is 0 Å². The van der Waals surface area contributed by atoms with Gasteiger partial charge in [-0.2, -0.15) is 0 Å². The van der Waals surface area contributed by atoms with Gasteiger partial charge in [-0.15, -0.1) is 0 Å². The van der Waals surface area contributed by atoms with Crippen molar-refractivity contribution in [2.75, 3.05) is 0 Å². The van der Waals surface area contributed by atoms with Gasteiger partial charge in [0.05, 0.1) is 0 Å². The van der Waals surface area contributed by atoms with Crippen LogP contribution in [0.4, 0.5) is 0 Å². The van der Waals surface area contributed by atoms with E-state index in [0.29, 0.717) is 12.2 Å².